The lowest BCUT2D eigenvalue weighted by Crippen LogP contribution is -2.19. The largest absolute Gasteiger partial charge is 0.469 e. The third-order valence-electron chi connectivity index (χ3n) is 2.69. The van der Waals surface area contributed by atoms with Crippen LogP contribution in [0.1, 0.15) is 12.8 Å². The molecule has 0 radical (unpaired) electrons. The Morgan fingerprint density at radius 3 is 1.26 bits per heavy atom. The Labute approximate surface area is 182 Å². The van der Waals surface area contributed by atoms with Crippen molar-refractivity contribution in [2.24, 2.45) is 22.9 Å². The molecule has 0 atom stereocenters. The van der Waals surface area contributed by atoms with Gasteiger partial charge in [0.1, 0.15) is 5.75 Å². The van der Waals surface area contributed by atoms with Crippen molar-refractivity contribution in [3.8, 4) is 5.75 Å². The lowest BCUT2D eigenvalue weighted by Gasteiger charge is -1.99. The Morgan fingerprint density at radius 1 is 0.645 bits per heavy atom. The topological polar surface area (TPSA) is 209 Å². The smallest absolute Gasteiger partial charge is 0.325 e. The van der Waals surface area contributed by atoms with Gasteiger partial charge >= 0.3 is 23.9 Å². The Balaban J connectivity index is -0.000000350. The van der Waals surface area contributed by atoms with Gasteiger partial charge in [-0.05, 0) is 12.1 Å². The normalized spacial score (nSPS) is 8.48. The predicted molar refractivity (Wildman–Crippen MR) is 114 cm³/mol. The summed E-state index contributed by atoms with van der Waals surface area (Å²) in [5.41, 5.74) is 19.9. The zero-order chi connectivity index (χ0) is 24.5. The van der Waals surface area contributed by atoms with Crippen LogP contribution in [0.15, 0.2) is 30.3 Å². The van der Waals surface area contributed by atoms with Crippen molar-refractivity contribution < 1.29 is 38.1 Å². The van der Waals surface area contributed by atoms with E-state index in [0.29, 0.717) is 31.7 Å². The van der Waals surface area contributed by atoms with Crippen molar-refractivity contribution in [2.75, 3.05) is 47.5 Å². The number of esters is 4. The van der Waals surface area contributed by atoms with E-state index < -0.39 is 5.97 Å². The van der Waals surface area contributed by atoms with Crippen molar-refractivity contribution in [3.63, 3.8) is 0 Å². The first-order valence-corrected chi connectivity index (χ1v) is 9.02. The molecule has 1 aromatic carbocycles. The van der Waals surface area contributed by atoms with E-state index in [2.05, 4.69) is 14.2 Å². The lowest BCUT2D eigenvalue weighted by atomic mass is 10.3. The van der Waals surface area contributed by atoms with E-state index in [1.165, 1.54) is 21.3 Å². The number of nitrogens with two attached hydrogens (primary N) is 4. The highest BCUT2D eigenvalue weighted by molar-refractivity contribution is 5.74. The van der Waals surface area contributed by atoms with E-state index in [9.17, 15) is 19.2 Å². The van der Waals surface area contributed by atoms with E-state index in [1.807, 2.05) is 6.07 Å². The zero-order valence-corrected chi connectivity index (χ0v) is 18.2. The first kappa shape index (κ1) is 32.6. The summed E-state index contributed by atoms with van der Waals surface area (Å²) in [5, 5.41) is 0. The number of para-hydroxylation sites is 1. The Kier molecular flexibility index (Phi) is 26.3. The fourth-order valence-electron chi connectivity index (χ4n) is 1.18. The number of methoxy groups -OCH3 is 3. The van der Waals surface area contributed by atoms with Crippen LogP contribution in [0.5, 0.6) is 5.75 Å². The predicted octanol–water partition coefficient (Wildman–Crippen LogP) is -1.31. The van der Waals surface area contributed by atoms with Crippen molar-refractivity contribution in [1.29, 1.82) is 0 Å². The molecule has 178 valence electrons. The Morgan fingerprint density at radius 2 is 1.03 bits per heavy atom. The molecule has 0 aliphatic rings. The molecule has 0 spiro atoms. The number of rotatable bonds is 7. The molecule has 12 heteroatoms. The number of hydrogen-bond acceptors (Lipinski definition) is 12. The minimum absolute atomic E-state index is 0.0312. The summed E-state index contributed by atoms with van der Waals surface area (Å²) >= 11 is 0. The van der Waals surface area contributed by atoms with E-state index in [-0.39, 0.29) is 31.0 Å². The van der Waals surface area contributed by atoms with Crippen LogP contribution in [0, 0.1) is 0 Å². The number of hydrogen-bond donors (Lipinski definition) is 4. The summed E-state index contributed by atoms with van der Waals surface area (Å²) in [6, 6.07) is 8.83. The SMILES string of the molecule is COC(=O)CCN.COC(=O)CCN.COC(=O)CN.NCC(=O)Oc1ccccc1. The minimum atomic E-state index is -0.420. The highest BCUT2D eigenvalue weighted by Gasteiger charge is 1.98. The van der Waals surface area contributed by atoms with Crippen LogP contribution in [0.3, 0.4) is 0 Å². The van der Waals surface area contributed by atoms with Gasteiger partial charge in [-0.1, -0.05) is 18.2 Å². The molecular weight excluding hydrogens is 412 g/mol. The second-order valence-electron chi connectivity index (χ2n) is 5.00. The maximum absolute atomic E-state index is 10.6. The lowest BCUT2D eigenvalue weighted by molar-refractivity contribution is -0.141. The average Bonchev–Trinajstić information content (AvgIpc) is 2.80. The zero-order valence-electron chi connectivity index (χ0n) is 18.2. The van der Waals surface area contributed by atoms with Gasteiger partial charge in [0, 0.05) is 13.1 Å². The molecule has 0 aromatic heterocycles. The van der Waals surface area contributed by atoms with Crippen LogP contribution in [0.25, 0.3) is 0 Å². The molecule has 1 aromatic rings. The molecule has 0 aliphatic carbocycles. The van der Waals surface area contributed by atoms with E-state index in [0.717, 1.165) is 0 Å². The Bertz CT molecular complexity index is 576. The molecule has 0 aliphatic heterocycles. The minimum Gasteiger partial charge on any atom is -0.469 e. The van der Waals surface area contributed by atoms with Gasteiger partial charge in [-0.2, -0.15) is 0 Å². The summed E-state index contributed by atoms with van der Waals surface area (Å²) in [5.74, 6) is -0.765. The third kappa shape index (κ3) is 26.9. The van der Waals surface area contributed by atoms with Gasteiger partial charge in [-0.3, -0.25) is 19.2 Å². The van der Waals surface area contributed by atoms with Crippen LogP contribution in [0.4, 0.5) is 0 Å². The number of carbonyl (C=O) groups is 4. The Hall–Kier alpha value is -3.06. The standard InChI is InChI=1S/C8H9NO2.2C4H9NO2.C3H7NO2/c9-6-8(10)11-7-4-2-1-3-5-7;2*1-7-4(6)2-3-5;1-6-3(5)2-4/h1-5H,6,9H2;2*2-3,5H2,1H3;2,4H2,1H3. The fraction of sp³-hybridized carbons (Fsp3) is 0.474. The number of ether oxygens (including phenoxy) is 4. The fourth-order valence-corrected chi connectivity index (χ4v) is 1.18. The van der Waals surface area contributed by atoms with Crippen molar-refractivity contribution in [3.05, 3.63) is 30.3 Å². The van der Waals surface area contributed by atoms with Gasteiger partial charge in [0.05, 0.1) is 47.3 Å². The number of benzene rings is 1. The van der Waals surface area contributed by atoms with Crippen molar-refractivity contribution in [2.45, 2.75) is 12.8 Å². The van der Waals surface area contributed by atoms with Gasteiger partial charge in [-0.25, -0.2) is 0 Å². The second-order valence-corrected chi connectivity index (χ2v) is 5.00. The van der Waals surface area contributed by atoms with Gasteiger partial charge in [0.2, 0.25) is 0 Å². The van der Waals surface area contributed by atoms with Crippen molar-refractivity contribution >= 4 is 23.9 Å². The summed E-state index contributed by atoms with van der Waals surface area (Å²) in [4.78, 5) is 40.7. The molecule has 12 nitrogen and oxygen atoms in total. The maximum Gasteiger partial charge on any atom is 0.325 e. The van der Waals surface area contributed by atoms with E-state index in [4.69, 9.17) is 27.7 Å². The monoisotopic (exact) mass is 446 g/mol. The molecule has 0 heterocycles. The highest BCUT2D eigenvalue weighted by atomic mass is 16.5. The summed E-state index contributed by atoms with van der Waals surface area (Å²) < 4.78 is 17.5. The van der Waals surface area contributed by atoms with Crippen LogP contribution < -0.4 is 27.7 Å². The maximum atomic E-state index is 10.6. The molecular formula is C19H34N4O8. The van der Waals surface area contributed by atoms with Crippen molar-refractivity contribution in [1.82, 2.24) is 0 Å². The molecule has 8 N–H and O–H groups in total. The van der Waals surface area contributed by atoms with E-state index >= 15 is 0 Å². The van der Waals surface area contributed by atoms with Crippen LogP contribution in [0.2, 0.25) is 0 Å². The molecule has 0 amide bonds. The molecule has 0 saturated heterocycles. The first-order chi connectivity index (χ1) is 14.7. The molecule has 0 bridgehead atoms. The van der Waals surface area contributed by atoms with E-state index in [1.54, 1.807) is 24.3 Å². The van der Waals surface area contributed by atoms with Gasteiger partial charge in [0.25, 0.3) is 0 Å². The average molecular weight is 447 g/mol. The molecule has 0 fully saturated rings. The second kappa shape index (κ2) is 25.0. The quantitative estimate of drug-likeness (QED) is 0.218. The van der Waals surface area contributed by atoms with Gasteiger partial charge < -0.3 is 41.9 Å². The first-order valence-electron chi connectivity index (χ1n) is 9.02. The third-order valence-corrected chi connectivity index (χ3v) is 2.69. The van der Waals surface area contributed by atoms with Crippen LogP contribution in [-0.4, -0.2) is 71.4 Å². The molecule has 0 unspecified atom stereocenters. The van der Waals surface area contributed by atoms with Gasteiger partial charge in [-0.15, -0.1) is 0 Å². The molecule has 1 rings (SSSR count). The highest BCUT2D eigenvalue weighted by Crippen LogP contribution is 2.07. The van der Waals surface area contributed by atoms with Gasteiger partial charge in [0.15, 0.2) is 0 Å². The summed E-state index contributed by atoms with van der Waals surface area (Å²) in [6.45, 7) is 0.616. The summed E-state index contributed by atoms with van der Waals surface area (Å²) in [7, 11) is 3.99. The number of carbonyl (C=O) groups excluding carboxylic acids is 4. The molecule has 31 heavy (non-hydrogen) atoms. The molecule has 0 saturated carbocycles. The summed E-state index contributed by atoms with van der Waals surface area (Å²) in [6.07, 6.45) is 0.632. The van der Waals surface area contributed by atoms with Crippen LogP contribution >= 0.6 is 0 Å². The van der Waals surface area contributed by atoms with Crippen LogP contribution in [-0.2, 0) is 33.4 Å².